The van der Waals surface area contributed by atoms with Crippen LogP contribution in [0.2, 0.25) is 0 Å². The molecule has 1 aliphatic carbocycles. The molecule has 0 amide bonds. The molecule has 0 aromatic heterocycles. The molecule has 1 aromatic carbocycles. The van der Waals surface area contributed by atoms with Gasteiger partial charge in [0.2, 0.25) is 0 Å². The van der Waals surface area contributed by atoms with Crippen molar-refractivity contribution < 1.29 is 9.47 Å². The topological polar surface area (TPSA) is 18.5 Å². The maximum absolute atomic E-state index is 5.70. The normalized spacial score (nSPS) is 16.9. The van der Waals surface area contributed by atoms with Gasteiger partial charge in [0, 0.05) is 0 Å². The second kappa shape index (κ2) is 5.17. The third kappa shape index (κ3) is 2.96. The van der Waals surface area contributed by atoms with E-state index >= 15 is 0 Å². The minimum atomic E-state index is 0.437. The SMILES string of the molecule is COc1ccc([CH]OC2CCCC2)cc1. The first-order valence-corrected chi connectivity index (χ1v) is 5.51. The molecule has 2 nitrogen and oxygen atoms in total. The molecule has 0 saturated heterocycles. The zero-order valence-corrected chi connectivity index (χ0v) is 9.11. The van der Waals surface area contributed by atoms with E-state index in [1.165, 1.54) is 25.7 Å². The molecule has 1 fully saturated rings. The summed E-state index contributed by atoms with van der Waals surface area (Å²) in [6.07, 6.45) is 5.45. The van der Waals surface area contributed by atoms with Crippen molar-refractivity contribution in [3.63, 3.8) is 0 Å². The van der Waals surface area contributed by atoms with E-state index in [-0.39, 0.29) is 0 Å². The van der Waals surface area contributed by atoms with Crippen molar-refractivity contribution in [1.82, 2.24) is 0 Å². The monoisotopic (exact) mass is 205 g/mol. The largest absolute Gasteiger partial charge is 0.497 e. The Labute approximate surface area is 91.2 Å². The van der Waals surface area contributed by atoms with E-state index in [2.05, 4.69) is 0 Å². The van der Waals surface area contributed by atoms with Gasteiger partial charge in [0.05, 0.1) is 13.2 Å². The molecular formula is C13H17O2. The lowest BCUT2D eigenvalue weighted by Crippen LogP contribution is -2.05. The molecule has 2 heteroatoms. The molecular weight excluding hydrogens is 188 g/mol. The standard InChI is InChI=1S/C13H17O2/c1-14-12-8-6-11(7-9-12)10-15-13-4-2-3-5-13/h6-10,13H,2-5H2,1H3. The molecule has 1 aliphatic rings. The number of rotatable bonds is 4. The Balaban J connectivity index is 1.82. The molecule has 0 spiro atoms. The zero-order chi connectivity index (χ0) is 10.5. The van der Waals surface area contributed by atoms with Crippen LogP contribution in [0.5, 0.6) is 5.75 Å². The predicted molar refractivity (Wildman–Crippen MR) is 59.7 cm³/mol. The fraction of sp³-hybridized carbons (Fsp3) is 0.462. The summed E-state index contributed by atoms with van der Waals surface area (Å²) in [5.41, 5.74) is 1.10. The molecule has 1 radical (unpaired) electrons. The first-order chi connectivity index (χ1) is 7.38. The Bertz CT molecular complexity index is 286. The fourth-order valence-electron chi connectivity index (χ4n) is 1.88. The average Bonchev–Trinajstić information content (AvgIpc) is 2.80. The summed E-state index contributed by atoms with van der Waals surface area (Å²) in [6.45, 7) is 1.86. The number of methoxy groups -OCH3 is 1. The Morgan fingerprint density at radius 3 is 2.40 bits per heavy atom. The van der Waals surface area contributed by atoms with Crippen LogP contribution in [0.15, 0.2) is 24.3 Å². The Kier molecular flexibility index (Phi) is 3.62. The van der Waals surface area contributed by atoms with Gasteiger partial charge in [-0.25, -0.2) is 0 Å². The van der Waals surface area contributed by atoms with Crippen LogP contribution in [0.25, 0.3) is 0 Å². The predicted octanol–water partition coefficient (Wildman–Crippen LogP) is 3.16. The van der Waals surface area contributed by atoms with E-state index in [9.17, 15) is 0 Å². The first-order valence-electron chi connectivity index (χ1n) is 5.51. The average molecular weight is 205 g/mol. The van der Waals surface area contributed by atoms with Crippen LogP contribution in [0, 0.1) is 6.61 Å². The molecule has 2 rings (SSSR count). The number of benzene rings is 1. The van der Waals surface area contributed by atoms with Crippen molar-refractivity contribution >= 4 is 0 Å². The van der Waals surface area contributed by atoms with E-state index in [1.54, 1.807) is 7.11 Å². The molecule has 0 bridgehead atoms. The van der Waals surface area contributed by atoms with Gasteiger partial charge < -0.3 is 9.47 Å². The van der Waals surface area contributed by atoms with Gasteiger partial charge in [0.25, 0.3) is 0 Å². The highest BCUT2D eigenvalue weighted by Crippen LogP contribution is 2.23. The second-order valence-electron chi connectivity index (χ2n) is 3.93. The summed E-state index contributed by atoms with van der Waals surface area (Å²) < 4.78 is 10.8. The summed E-state index contributed by atoms with van der Waals surface area (Å²) in [6, 6.07) is 7.91. The minimum absolute atomic E-state index is 0.437. The molecule has 0 unspecified atom stereocenters. The van der Waals surface area contributed by atoms with Gasteiger partial charge in [-0.2, -0.15) is 0 Å². The molecule has 15 heavy (non-hydrogen) atoms. The smallest absolute Gasteiger partial charge is 0.118 e. The molecule has 1 saturated carbocycles. The van der Waals surface area contributed by atoms with E-state index < -0.39 is 0 Å². The van der Waals surface area contributed by atoms with Gasteiger partial charge in [-0.05, 0) is 30.5 Å². The van der Waals surface area contributed by atoms with Gasteiger partial charge in [-0.15, -0.1) is 0 Å². The summed E-state index contributed by atoms with van der Waals surface area (Å²) in [7, 11) is 1.67. The number of hydrogen-bond acceptors (Lipinski definition) is 2. The highest BCUT2D eigenvalue weighted by Gasteiger charge is 2.15. The Morgan fingerprint density at radius 1 is 1.13 bits per heavy atom. The van der Waals surface area contributed by atoms with Crippen LogP contribution >= 0.6 is 0 Å². The zero-order valence-electron chi connectivity index (χ0n) is 9.11. The van der Waals surface area contributed by atoms with E-state index in [0.717, 1.165) is 11.3 Å². The van der Waals surface area contributed by atoms with E-state index in [1.807, 2.05) is 30.9 Å². The molecule has 0 atom stereocenters. The molecule has 1 aromatic rings. The Morgan fingerprint density at radius 2 is 1.80 bits per heavy atom. The highest BCUT2D eigenvalue weighted by atomic mass is 16.5. The summed E-state index contributed by atoms with van der Waals surface area (Å²) in [5.74, 6) is 0.882. The van der Waals surface area contributed by atoms with Crippen LogP contribution in [0.1, 0.15) is 31.2 Å². The van der Waals surface area contributed by atoms with Gasteiger partial charge in [0.1, 0.15) is 12.4 Å². The minimum Gasteiger partial charge on any atom is -0.497 e. The van der Waals surface area contributed by atoms with Gasteiger partial charge in [-0.1, -0.05) is 25.0 Å². The van der Waals surface area contributed by atoms with Crippen molar-refractivity contribution in [2.24, 2.45) is 0 Å². The van der Waals surface area contributed by atoms with Crippen molar-refractivity contribution in [2.45, 2.75) is 31.8 Å². The third-order valence-electron chi connectivity index (χ3n) is 2.81. The lowest BCUT2D eigenvalue weighted by molar-refractivity contribution is 0.121. The number of hydrogen-bond donors (Lipinski definition) is 0. The van der Waals surface area contributed by atoms with Crippen LogP contribution in [-0.2, 0) is 4.74 Å². The molecule has 0 N–H and O–H groups in total. The van der Waals surface area contributed by atoms with Crippen molar-refractivity contribution in [1.29, 1.82) is 0 Å². The van der Waals surface area contributed by atoms with Crippen molar-refractivity contribution in [3.8, 4) is 5.75 Å². The van der Waals surface area contributed by atoms with Crippen molar-refractivity contribution in [2.75, 3.05) is 7.11 Å². The van der Waals surface area contributed by atoms with Crippen molar-refractivity contribution in [3.05, 3.63) is 36.4 Å². The van der Waals surface area contributed by atoms with Crippen LogP contribution in [0.3, 0.4) is 0 Å². The number of ether oxygens (including phenoxy) is 2. The van der Waals surface area contributed by atoms with Crippen LogP contribution < -0.4 is 4.74 Å². The van der Waals surface area contributed by atoms with Crippen LogP contribution in [0.4, 0.5) is 0 Å². The molecule has 81 valence electrons. The molecule has 0 heterocycles. The summed E-state index contributed by atoms with van der Waals surface area (Å²) in [5, 5.41) is 0. The lowest BCUT2D eigenvalue weighted by atomic mass is 10.2. The van der Waals surface area contributed by atoms with Crippen LogP contribution in [-0.4, -0.2) is 13.2 Å². The summed E-state index contributed by atoms with van der Waals surface area (Å²) >= 11 is 0. The third-order valence-corrected chi connectivity index (χ3v) is 2.81. The lowest BCUT2D eigenvalue weighted by Gasteiger charge is -2.10. The molecule has 0 aliphatic heterocycles. The Hall–Kier alpha value is -1.02. The quantitative estimate of drug-likeness (QED) is 0.751. The maximum atomic E-state index is 5.70. The first kappa shape index (κ1) is 10.5. The van der Waals surface area contributed by atoms with Gasteiger partial charge in [0.15, 0.2) is 0 Å². The second-order valence-corrected chi connectivity index (χ2v) is 3.93. The van der Waals surface area contributed by atoms with E-state index in [4.69, 9.17) is 9.47 Å². The van der Waals surface area contributed by atoms with Gasteiger partial charge in [-0.3, -0.25) is 0 Å². The fourth-order valence-corrected chi connectivity index (χ4v) is 1.88. The summed E-state index contributed by atoms with van der Waals surface area (Å²) in [4.78, 5) is 0. The highest BCUT2D eigenvalue weighted by molar-refractivity contribution is 5.29. The van der Waals surface area contributed by atoms with Gasteiger partial charge >= 0.3 is 0 Å². The van der Waals surface area contributed by atoms with E-state index in [0.29, 0.717) is 6.10 Å². The maximum Gasteiger partial charge on any atom is 0.118 e.